The normalized spacial score (nSPS) is 10.7. The number of anilines is 1. The molecule has 1 heterocycles. The highest BCUT2D eigenvalue weighted by atomic mass is 35.5. The molecule has 0 aliphatic carbocycles. The van der Waals surface area contributed by atoms with Gasteiger partial charge in [0.15, 0.2) is 0 Å². The minimum absolute atomic E-state index is 0.132. The SMILES string of the molecule is O=C(Cc1ccccc1)Nc1ccccc1-c1nnc(-c2ccc(Cl)c(Cl)c2)o1. The highest BCUT2D eigenvalue weighted by molar-refractivity contribution is 6.42. The Morgan fingerprint density at radius 3 is 2.38 bits per heavy atom. The number of carbonyl (C=O) groups is 1. The second-order valence-electron chi connectivity index (χ2n) is 6.30. The maximum absolute atomic E-state index is 12.5. The van der Waals surface area contributed by atoms with Crippen molar-refractivity contribution < 1.29 is 9.21 Å². The number of halogens is 2. The van der Waals surface area contributed by atoms with E-state index in [2.05, 4.69) is 15.5 Å². The molecule has 7 heteroatoms. The maximum Gasteiger partial charge on any atom is 0.250 e. The van der Waals surface area contributed by atoms with Gasteiger partial charge in [0.05, 0.1) is 27.7 Å². The van der Waals surface area contributed by atoms with Gasteiger partial charge in [0, 0.05) is 5.56 Å². The standard InChI is InChI=1S/C22H15Cl2N3O2/c23-17-11-10-15(13-18(17)24)21-26-27-22(29-21)16-8-4-5-9-19(16)25-20(28)12-14-6-2-1-3-7-14/h1-11,13H,12H2,(H,25,28). The fourth-order valence-electron chi connectivity index (χ4n) is 2.83. The number of carbonyl (C=O) groups excluding carboxylic acids is 1. The molecule has 0 radical (unpaired) electrons. The fraction of sp³-hybridized carbons (Fsp3) is 0.0455. The molecule has 0 unspecified atom stereocenters. The summed E-state index contributed by atoms with van der Waals surface area (Å²) in [5.74, 6) is 0.471. The summed E-state index contributed by atoms with van der Waals surface area (Å²) in [6, 6.07) is 21.9. The molecule has 1 N–H and O–H groups in total. The van der Waals surface area contributed by atoms with Gasteiger partial charge >= 0.3 is 0 Å². The zero-order chi connectivity index (χ0) is 20.2. The van der Waals surface area contributed by atoms with Gasteiger partial charge in [-0.15, -0.1) is 10.2 Å². The molecule has 1 amide bonds. The molecule has 1 aromatic heterocycles. The Labute approximate surface area is 177 Å². The number of hydrogen-bond donors (Lipinski definition) is 1. The van der Waals surface area contributed by atoms with Crippen LogP contribution in [0, 0.1) is 0 Å². The molecule has 0 saturated carbocycles. The Kier molecular flexibility index (Phi) is 5.60. The zero-order valence-electron chi connectivity index (χ0n) is 15.1. The number of rotatable bonds is 5. The molecule has 0 bridgehead atoms. The van der Waals surface area contributed by atoms with Gasteiger partial charge in [-0.1, -0.05) is 65.7 Å². The highest BCUT2D eigenvalue weighted by Gasteiger charge is 2.16. The molecule has 0 fully saturated rings. The van der Waals surface area contributed by atoms with Crippen LogP contribution in [0.5, 0.6) is 0 Å². The molecule has 3 aromatic carbocycles. The monoisotopic (exact) mass is 423 g/mol. The van der Waals surface area contributed by atoms with Gasteiger partial charge in [-0.05, 0) is 35.9 Å². The van der Waals surface area contributed by atoms with E-state index in [-0.39, 0.29) is 12.3 Å². The summed E-state index contributed by atoms with van der Waals surface area (Å²) < 4.78 is 5.82. The molecular weight excluding hydrogens is 409 g/mol. The molecule has 4 rings (SSSR count). The second kappa shape index (κ2) is 8.47. The van der Waals surface area contributed by atoms with Crippen molar-refractivity contribution >= 4 is 34.8 Å². The highest BCUT2D eigenvalue weighted by Crippen LogP contribution is 2.32. The molecule has 0 aliphatic heterocycles. The summed E-state index contributed by atoms with van der Waals surface area (Å²) in [6.45, 7) is 0. The first-order valence-electron chi connectivity index (χ1n) is 8.82. The number of nitrogens with zero attached hydrogens (tertiary/aromatic N) is 2. The van der Waals surface area contributed by atoms with Crippen LogP contribution >= 0.6 is 23.2 Å². The number of aromatic nitrogens is 2. The summed E-state index contributed by atoms with van der Waals surface area (Å²) in [6.07, 6.45) is 0.271. The molecule has 5 nitrogen and oxygen atoms in total. The van der Waals surface area contributed by atoms with Crippen LogP contribution in [0.25, 0.3) is 22.9 Å². The lowest BCUT2D eigenvalue weighted by Crippen LogP contribution is -2.14. The first-order chi connectivity index (χ1) is 14.1. The number of amides is 1. The average molecular weight is 424 g/mol. The van der Waals surface area contributed by atoms with Gasteiger partial charge in [0.25, 0.3) is 0 Å². The Balaban J connectivity index is 1.58. The smallest absolute Gasteiger partial charge is 0.250 e. The Hall–Kier alpha value is -3.15. The van der Waals surface area contributed by atoms with Crippen molar-refractivity contribution in [1.29, 1.82) is 0 Å². The third-order valence-electron chi connectivity index (χ3n) is 4.23. The first kappa shape index (κ1) is 19.2. The Bertz CT molecular complexity index is 1160. The van der Waals surface area contributed by atoms with E-state index in [0.29, 0.717) is 38.6 Å². The molecular formula is C22H15Cl2N3O2. The maximum atomic E-state index is 12.5. The summed E-state index contributed by atoms with van der Waals surface area (Å²) in [7, 11) is 0. The van der Waals surface area contributed by atoms with Crippen LogP contribution in [-0.2, 0) is 11.2 Å². The van der Waals surface area contributed by atoms with Gasteiger partial charge < -0.3 is 9.73 Å². The van der Waals surface area contributed by atoms with Crippen LogP contribution in [0.3, 0.4) is 0 Å². The third kappa shape index (κ3) is 4.47. The van der Waals surface area contributed by atoms with E-state index < -0.39 is 0 Å². The molecule has 0 saturated heterocycles. The summed E-state index contributed by atoms with van der Waals surface area (Å²) >= 11 is 12.0. The minimum Gasteiger partial charge on any atom is -0.416 e. The lowest BCUT2D eigenvalue weighted by Gasteiger charge is -2.08. The average Bonchev–Trinajstić information content (AvgIpc) is 3.21. The van der Waals surface area contributed by atoms with Crippen molar-refractivity contribution in [2.75, 3.05) is 5.32 Å². The summed E-state index contributed by atoms with van der Waals surface area (Å²) in [4.78, 5) is 12.5. The lowest BCUT2D eigenvalue weighted by atomic mass is 10.1. The number of benzene rings is 3. The molecule has 0 aliphatic rings. The van der Waals surface area contributed by atoms with Crippen molar-refractivity contribution in [3.63, 3.8) is 0 Å². The number of nitrogens with one attached hydrogen (secondary N) is 1. The molecule has 0 atom stereocenters. The zero-order valence-corrected chi connectivity index (χ0v) is 16.6. The van der Waals surface area contributed by atoms with Gasteiger partial charge in [-0.2, -0.15) is 0 Å². The van der Waals surface area contributed by atoms with E-state index in [1.54, 1.807) is 24.3 Å². The van der Waals surface area contributed by atoms with E-state index >= 15 is 0 Å². The van der Waals surface area contributed by atoms with Crippen LogP contribution < -0.4 is 5.32 Å². The van der Waals surface area contributed by atoms with E-state index in [9.17, 15) is 4.79 Å². The predicted molar refractivity (Wildman–Crippen MR) is 114 cm³/mol. The number of para-hydroxylation sites is 1. The first-order valence-corrected chi connectivity index (χ1v) is 9.58. The number of hydrogen-bond acceptors (Lipinski definition) is 4. The third-order valence-corrected chi connectivity index (χ3v) is 4.97. The van der Waals surface area contributed by atoms with E-state index in [1.807, 2.05) is 48.5 Å². The van der Waals surface area contributed by atoms with Crippen molar-refractivity contribution in [1.82, 2.24) is 10.2 Å². The van der Waals surface area contributed by atoms with Crippen molar-refractivity contribution in [2.45, 2.75) is 6.42 Å². The van der Waals surface area contributed by atoms with Crippen molar-refractivity contribution in [3.8, 4) is 22.9 Å². The van der Waals surface area contributed by atoms with Crippen molar-refractivity contribution in [2.24, 2.45) is 0 Å². The van der Waals surface area contributed by atoms with Gasteiger partial charge in [0.1, 0.15) is 0 Å². The van der Waals surface area contributed by atoms with Gasteiger partial charge in [-0.25, -0.2) is 0 Å². The van der Waals surface area contributed by atoms with Gasteiger partial charge in [-0.3, -0.25) is 4.79 Å². The van der Waals surface area contributed by atoms with Gasteiger partial charge in [0.2, 0.25) is 17.7 Å². The summed E-state index contributed by atoms with van der Waals surface area (Å²) in [5, 5.41) is 12.0. The van der Waals surface area contributed by atoms with Crippen LogP contribution in [-0.4, -0.2) is 16.1 Å². The predicted octanol–water partition coefficient (Wildman–Crippen LogP) is 5.89. The molecule has 0 spiro atoms. The van der Waals surface area contributed by atoms with Crippen LogP contribution in [0.15, 0.2) is 77.2 Å². The molecule has 29 heavy (non-hydrogen) atoms. The van der Waals surface area contributed by atoms with E-state index in [4.69, 9.17) is 27.6 Å². The second-order valence-corrected chi connectivity index (χ2v) is 7.11. The Morgan fingerprint density at radius 2 is 1.59 bits per heavy atom. The summed E-state index contributed by atoms with van der Waals surface area (Å²) in [5.41, 5.74) is 2.82. The Morgan fingerprint density at radius 1 is 0.862 bits per heavy atom. The van der Waals surface area contributed by atoms with Crippen LogP contribution in [0.2, 0.25) is 10.0 Å². The molecule has 144 valence electrons. The largest absolute Gasteiger partial charge is 0.416 e. The quantitative estimate of drug-likeness (QED) is 0.434. The topological polar surface area (TPSA) is 68.0 Å². The van der Waals surface area contributed by atoms with E-state index in [0.717, 1.165) is 5.56 Å². The fourth-order valence-corrected chi connectivity index (χ4v) is 3.13. The molecule has 4 aromatic rings. The van der Waals surface area contributed by atoms with Crippen LogP contribution in [0.1, 0.15) is 5.56 Å². The van der Waals surface area contributed by atoms with Crippen LogP contribution in [0.4, 0.5) is 5.69 Å². The minimum atomic E-state index is -0.132. The van der Waals surface area contributed by atoms with E-state index in [1.165, 1.54) is 0 Å². The van der Waals surface area contributed by atoms with Crippen molar-refractivity contribution in [3.05, 3.63) is 88.4 Å². The lowest BCUT2D eigenvalue weighted by molar-refractivity contribution is -0.115.